The monoisotopic (exact) mass is 394 g/mol. The molecule has 1 amide bonds. The summed E-state index contributed by atoms with van der Waals surface area (Å²) >= 11 is 0. The Kier molecular flexibility index (Phi) is 5.50. The van der Waals surface area contributed by atoms with Gasteiger partial charge in [-0.05, 0) is 44.2 Å². The first-order valence-corrected chi connectivity index (χ1v) is 10.5. The maximum Gasteiger partial charge on any atom is 0.253 e. The van der Waals surface area contributed by atoms with E-state index >= 15 is 0 Å². The van der Waals surface area contributed by atoms with Crippen LogP contribution in [0.15, 0.2) is 42.5 Å². The Balaban J connectivity index is 1.36. The minimum absolute atomic E-state index is 0.115. The minimum atomic E-state index is -0.188. The molecule has 0 aliphatic carbocycles. The number of rotatable bonds is 5. The third kappa shape index (κ3) is 4.40. The zero-order valence-electron chi connectivity index (χ0n) is 17.6. The topological polar surface area (TPSA) is 42.0 Å². The summed E-state index contributed by atoms with van der Waals surface area (Å²) in [7, 11) is 0. The first-order chi connectivity index (χ1) is 13.9. The Labute approximate surface area is 173 Å². The van der Waals surface area contributed by atoms with Gasteiger partial charge in [-0.1, -0.05) is 31.2 Å². The van der Waals surface area contributed by atoms with Crippen molar-refractivity contribution in [3.8, 4) is 11.5 Å². The molecule has 1 fully saturated rings. The van der Waals surface area contributed by atoms with Gasteiger partial charge in [-0.3, -0.25) is 4.79 Å². The van der Waals surface area contributed by atoms with Crippen LogP contribution in [0.4, 0.5) is 0 Å². The van der Waals surface area contributed by atoms with Crippen LogP contribution in [0.2, 0.25) is 0 Å². The fourth-order valence-corrected chi connectivity index (χ4v) is 4.06. The molecular formula is C24H30N2O3. The molecule has 154 valence electrons. The highest BCUT2D eigenvalue weighted by Gasteiger charge is 2.32. The normalized spacial score (nSPS) is 18.2. The number of hydrogen-bond acceptors (Lipinski definition) is 4. The maximum atomic E-state index is 12.7. The molecule has 2 aliphatic heterocycles. The van der Waals surface area contributed by atoms with Gasteiger partial charge in [0.15, 0.2) is 11.5 Å². The molecule has 0 radical (unpaired) electrons. The second-order valence-corrected chi connectivity index (χ2v) is 8.49. The Morgan fingerprint density at radius 1 is 1.07 bits per heavy atom. The van der Waals surface area contributed by atoms with Crippen molar-refractivity contribution in [3.05, 3.63) is 59.2 Å². The number of nitrogens with zero attached hydrogens (tertiary/aromatic N) is 2. The van der Waals surface area contributed by atoms with E-state index in [9.17, 15) is 4.79 Å². The van der Waals surface area contributed by atoms with E-state index in [1.165, 1.54) is 5.56 Å². The van der Waals surface area contributed by atoms with Gasteiger partial charge in [-0.15, -0.1) is 0 Å². The zero-order valence-corrected chi connectivity index (χ0v) is 17.6. The van der Waals surface area contributed by atoms with Crippen molar-refractivity contribution in [2.75, 3.05) is 32.7 Å². The molecule has 0 N–H and O–H groups in total. The highest BCUT2D eigenvalue weighted by Crippen LogP contribution is 2.41. The van der Waals surface area contributed by atoms with E-state index in [2.05, 4.69) is 31.7 Å². The van der Waals surface area contributed by atoms with Gasteiger partial charge in [0.25, 0.3) is 5.91 Å². The molecule has 2 aliphatic rings. The van der Waals surface area contributed by atoms with E-state index in [4.69, 9.17) is 9.47 Å². The predicted molar refractivity (Wildman–Crippen MR) is 114 cm³/mol. The highest BCUT2D eigenvalue weighted by molar-refractivity contribution is 5.94. The van der Waals surface area contributed by atoms with Crippen LogP contribution in [-0.2, 0) is 13.0 Å². The van der Waals surface area contributed by atoms with E-state index in [0.717, 1.165) is 61.8 Å². The molecule has 5 nitrogen and oxygen atoms in total. The molecular weight excluding hydrogens is 364 g/mol. The lowest BCUT2D eigenvalue weighted by molar-refractivity contribution is 0.0643. The van der Waals surface area contributed by atoms with Crippen LogP contribution in [-0.4, -0.2) is 54.0 Å². The number of likely N-dealkylation sites (N-methyl/N-ethyl adjacent to an activating group) is 1. The number of carbonyl (C=O) groups is 1. The first kappa shape index (κ1) is 19.8. The summed E-state index contributed by atoms with van der Waals surface area (Å²) in [6.45, 7) is 11.3. The second-order valence-electron chi connectivity index (χ2n) is 8.49. The molecule has 0 aromatic heterocycles. The second kappa shape index (κ2) is 8.07. The van der Waals surface area contributed by atoms with Crippen molar-refractivity contribution >= 4 is 5.91 Å². The predicted octanol–water partition coefficient (Wildman–Crippen LogP) is 3.76. The van der Waals surface area contributed by atoms with Gasteiger partial charge >= 0.3 is 0 Å². The Morgan fingerprint density at radius 3 is 2.48 bits per heavy atom. The van der Waals surface area contributed by atoms with Crippen molar-refractivity contribution in [2.24, 2.45) is 0 Å². The van der Waals surface area contributed by atoms with E-state index in [0.29, 0.717) is 6.61 Å². The number of carbonyl (C=O) groups excluding carboxylic acids is 1. The summed E-state index contributed by atoms with van der Waals surface area (Å²) in [6.07, 6.45) is 0.892. The largest absolute Gasteiger partial charge is 0.485 e. The number of amides is 1. The summed E-state index contributed by atoms with van der Waals surface area (Å²) in [4.78, 5) is 17.1. The fraction of sp³-hybridized carbons (Fsp3) is 0.458. The van der Waals surface area contributed by atoms with Crippen LogP contribution >= 0.6 is 0 Å². The average Bonchev–Trinajstić information content (AvgIpc) is 3.06. The molecule has 5 heteroatoms. The van der Waals surface area contributed by atoms with Gasteiger partial charge in [-0.2, -0.15) is 0 Å². The lowest BCUT2D eigenvalue weighted by Crippen LogP contribution is -2.48. The van der Waals surface area contributed by atoms with Gasteiger partial charge < -0.3 is 19.3 Å². The van der Waals surface area contributed by atoms with Crippen molar-refractivity contribution in [1.29, 1.82) is 0 Å². The third-order valence-corrected chi connectivity index (χ3v) is 5.76. The fourth-order valence-electron chi connectivity index (χ4n) is 4.06. The summed E-state index contributed by atoms with van der Waals surface area (Å²) in [5.74, 6) is 1.75. The summed E-state index contributed by atoms with van der Waals surface area (Å²) in [5.41, 5.74) is 2.78. The maximum absolute atomic E-state index is 12.7. The number of benzene rings is 2. The van der Waals surface area contributed by atoms with Crippen LogP contribution in [0, 0.1) is 0 Å². The molecule has 0 bridgehead atoms. The van der Waals surface area contributed by atoms with E-state index < -0.39 is 0 Å². The standard InChI is InChI=1S/C24H30N2O3/c1-4-25-12-14-26(15-13-25)23(27)19-10-8-18(9-11-19)17-28-21-7-5-6-20-16-24(2,3)29-22(20)21/h5-11H,4,12-17H2,1-3H3. The van der Waals surface area contributed by atoms with Crippen molar-refractivity contribution in [2.45, 2.75) is 39.4 Å². The molecule has 4 rings (SSSR count). The molecule has 29 heavy (non-hydrogen) atoms. The molecule has 1 saturated heterocycles. The molecule has 2 heterocycles. The summed E-state index contributed by atoms with van der Waals surface area (Å²) < 4.78 is 12.1. The lowest BCUT2D eigenvalue weighted by Gasteiger charge is -2.34. The van der Waals surface area contributed by atoms with Gasteiger partial charge in [0.2, 0.25) is 0 Å². The van der Waals surface area contributed by atoms with Crippen molar-refractivity contribution in [1.82, 2.24) is 9.80 Å². The molecule has 2 aromatic rings. The quantitative estimate of drug-likeness (QED) is 0.774. The third-order valence-electron chi connectivity index (χ3n) is 5.76. The Morgan fingerprint density at radius 2 is 1.79 bits per heavy atom. The summed E-state index contributed by atoms with van der Waals surface area (Å²) in [5, 5.41) is 0. The van der Waals surface area contributed by atoms with Gasteiger partial charge in [0.1, 0.15) is 12.2 Å². The van der Waals surface area contributed by atoms with Crippen LogP contribution < -0.4 is 9.47 Å². The van der Waals surface area contributed by atoms with E-state index in [1.807, 2.05) is 41.3 Å². The zero-order chi connectivity index (χ0) is 20.4. The molecule has 2 aromatic carbocycles. The number of para-hydroxylation sites is 1. The summed E-state index contributed by atoms with van der Waals surface area (Å²) in [6, 6.07) is 13.8. The van der Waals surface area contributed by atoms with Gasteiger partial charge in [0, 0.05) is 43.7 Å². The van der Waals surface area contributed by atoms with Crippen LogP contribution in [0.3, 0.4) is 0 Å². The van der Waals surface area contributed by atoms with Crippen LogP contribution in [0.25, 0.3) is 0 Å². The van der Waals surface area contributed by atoms with Crippen LogP contribution in [0.5, 0.6) is 11.5 Å². The van der Waals surface area contributed by atoms with Crippen LogP contribution in [0.1, 0.15) is 42.3 Å². The van der Waals surface area contributed by atoms with Crippen molar-refractivity contribution < 1.29 is 14.3 Å². The highest BCUT2D eigenvalue weighted by atomic mass is 16.5. The van der Waals surface area contributed by atoms with E-state index in [1.54, 1.807) is 0 Å². The average molecular weight is 395 g/mol. The molecule has 0 unspecified atom stereocenters. The number of ether oxygens (including phenoxy) is 2. The molecule has 0 spiro atoms. The first-order valence-electron chi connectivity index (χ1n) is 10.5. The van der Waals surface area contributed by atoms with E-state index in [-0.39, 0.29) is 11.5 Å². The lowest BCUT2D eigenvalue weighted by atomic mass is 10.0. The Hall–Kier alpha value is -2.53. The van der Waals surface area contributed by atoms with Gasteiger partial charge in [-0.25, -0.2) is 0 Å². The number of fused-ring (bicyclic) bond motifs is 1. The number of piperazine rings is 1. The minimum Gasteiger partial charge on any atom is -0.485 e. The van der Waals surface area contributed by atoms with Crippen molar-refractivity contribution in [3.63, 3.8) is 0 Å². The SMILES string of the molecule is CCN1CCN(C(=O)c2ccc(COc3cccc4c3OC(C)(C)C4)cc2)CC1. The number of hydrogen-bond donors (Lipinski definition) is 0. The Bertz CT molecular complexity index is 868. The smallest absolute Gasteiger partial charge is 0.253 e. The molecule has 0 saturated carbocycles. The molecule has 0 atom stereocenters. The van der Waals surface area contributed by atoms with Gasteiger partial charge in [0.05, 0.1) is 0 Å².